The summed E-state index contributed by atoms with van der Waals surface area (Å²) in [4.78, 5) is 23.2. The Bertz CT molecular complexity index is 928. The number of halogens is 2. The van der Waals surface area contributed by atoms with E-state index in [4.69, 9.17) is 33.1 Å². The third-order valence-electron chi connectivity index (χ3n) is 3.19. The summed E-state index contributed by atoms with van der Waals surface area (Å²) in [7, 11) is -4.04. The summed E-state index contributed by atoms with van der Waals surface area (Å²) >= 11 is 12.7. The van der Waals surface area contributed by atoms with Crippen molar-refractivity contribution in [2.45, 2.75) is 11.3 Å². The van der Waals surface area contributed by atoms with E-state index in [9.17, 15) is 18.0 Å². The first-order valence-electron chi connectivity index (χ1n) is 7.16. The Morgan fingerprint density at radius 3 is 2.62 bits per heavy atom. The van der Waals surface area contributed by atoms with Gasteiger partial charge >= 0.3 is 5.97 Å². The van der Waals surface area contributed by atoms with E-state index in [1.807, 2.05) is 0 Å². The maximum absolute atomic E-state index is 11.9. The molecule has 140 valence electrons. The molecule has 11 heteroatoms. The molecule has 3 N–H and O–H groups in total. The van der Waals surface area contributed by atoms with Crippen molar-refractivity contribution in [1.29, 1.82) is 0 Å². The largest absolute Gasteiger partial charge is 0.451 e. The van der Waals surface area contributed by atoms with Crippen LogP contribution in [0.25, 0.3) is 0 Å². The second-order valence-corrected chi connectivity index (χ2v) is 8.36. The highest BCUT2D eigenvalue weighted by Crippen LogP contribution is 2.22. The molecule has 0 bridgehead atoms. The highest BCUT2D eigenvalue weighted by atomic mass is 35.5. The van der Waals surface area contributed by atoms with Crippen LogP contribution in [0.5, 0.6) is 0 Å². The molecular weight excluding hydrogens is 423 g/mol. The van der Waals surface area contributed by atoms with Crippen molar-refractivity contribution in [2.24, 2.45) is 5.14 Å². The number of nitrogens with one attached hydrogen (secondary N) is 1. The van der Waals surface area contributed by atoms with Gasteiger partial charge in [0.25, 0.3) is 5.91 Å². The molecule has 2 aromatic rings. The number of amides is 1. The van der Waals surface area contributed by atoms with E-state index in [1.165, 1.54) is 11.4 Å². The number of sulfonamides is 1. The van der Waals surface area contributed by atoms with Crippen LogP contribution in [-0.2, 0) is 26.0 Å². The molecule has 1 aromatic heterocycles. The smallest absolute Gasteiger partial charge is 0.350 e. The second kappa shape index (κ2) is 8.83. The number of rotatable bonds is 7. The molecule has 1 amide bonds. The third-order valence-corrected chi connectivity index (χ3v) is 5.75. The van der Waals surface area contributed by atoms with Crippen LogP contribution in [-0.4, -0.2) is 33.4 Å². The van der Waals surface area contributed by atoms with Crippen LogP contribution in [0.1, 0.15) is 15.2 Å². The highest BCUT2D eigenvalue weighted by Gasteiger charge is 2.22. The molecule has 0 radical (unpaired) electrons. The summed E-state index contributed by atoms with van der Waals surface area (Å²) in [6.45, 7) is -0.270. The molecule has 7 nitrogen and oxygen atoms in total. The third kappa shape index (κ3) is 5.68. The van der Waals surface area contributed by atoms with Gasteiger partial charge < -0.3 is 10.1 Å². The number of nitrogens with two attached hydrogens (primary N) is 1. The molecule has 0 saturated carbocycles. The highest BCUT2D eigenvalue weighted by molar-refractivity contribution is 7.89. The quantitative estimate of drug-likeness (QED) is 0.645. The summed E-state index contributed by atoms with van der Waals surface area (Å²) in [6, 6.07) is 6.25. The topological polar surface area (TPSA) is 116 Å². The predicted octanol–water partition coefficient (Wildman–Crippen LogP) is 2.22. The van der Waals surface area contributed by atoms with Gasteiger partial charge in [0.15, 0.2) is 6.61 Å². The Balaban J connectivity index is 1.82. The van der Waals surface area contributed by atoms with Gasteiger partial charge in [0.2, 0.25) is 10.0 Å². The Kier molecular flexibility index (Phi) is 7.01. The maximum atomic E-state index is 11.9. The first-order valence-corrected chi connectivity index (χ1v) is 10.3. The number of esters is 1. The monoisotopic (exact) mass is 436 g/mol. The zero-order valence-corrected chi connectivity index (χ0v) is 16.3. The lowest BCUT2D eigenvalue weighted by Crippen LogP contribution is -2.30. The summed E-state index contributed by atoms with van der Waals surface area (Å²) in [6.07, 6.45) is 0.468. The minimum atomic E-state index is -4.04. The lowest BCUT2D eigenvalue weighted by Gasteiger charge is -2.08. The molecule has 0 unspecified atom stereocenters. The van der Waals surface area contributed by atoms with Gasteiger partial charge in [0.05, 0.1) is 0 Å². The molecule has 0 aliphatic rings. The summed E-state index contributed by atoms with van der Waals surface area (Å²) in [5, 5.41) is 9.99. The normalized spacial score (nSPS) is 11.2. The molecule has 1 aromatic carbocycles. The fourth-order valence-corrected chi connectivity index (χ4v) is 4.34. The van der Waals surface area contributed by atoms with Crippen molar-refractivity contribution in [3.05, 3.63) is 50.1 Å². The maximum Gasteiger partial charge on any atom is 0.350 e. The van der Waals surface area contributed by atoms with Crippen LogP contribution < -0.4 is 10.5 Å². The Hall–Kier alpha value is -1.65. The number of primary sulfonamides is 1. The van der Waals surface area contributed by atoms with Gasteiger partial charge in [-0.25, -0.2) is 18.4 Å². The number of hydrogen-bond donors (Lipinski definition) is 2. The summed E-state index contributed by atoms with van der Waals surface area (Å²) in [5.41, 5.74) is 0.810. The molecular formula is C15H14Cl2N2O5S2. The van der Waals surface area contributed by atoms with E-state index in [-0.39, 0.29) is 16.3 Å². The number of carbonyl (C=O) groups is 2. The lowest BCUT2D eigenvalue weighted by molar-refractivity contribution is -0.124. The number of hydrogen-bond acceptors (Lipinski definition) is 6. The number of ether oxygens (including phenoxy) is 1. The zero-order chi connectivity index (χ0) is 19.3. The number of benzene rings is 1. The van der Waals surface area contributed by atoms with E-state index in [0.717, 1.165) is 16.9 Å². The zero-order valence-electron chi connectivity index (χ0n) is 13.2. The van der Waals surface area contributed by atoms with E-state index < -0.39 is 28.5 Å². The van der Waals surface area contributed by atoms with Crippen LogP contribution in [0.4, 0.5) is 0 Å². The Morgan fingerprint density at radius 2 is 1.96 bits per heavy atom. The number of carbonyl (C=O) groups excluding carboxylic acids is 2. The Labute approximate surface area is 164 Å². The van der Waals surface area contributed by atoms with Gasteiger partial charge in [-0.05, 0) is 35.6 Å². The van der Waals surface area contributed by atoms with E-state index in [0.29, 0.717) is 16.5 Å². The predicted molar refractivity (Wildman–Crippen MR) is 99.2 cm³/mol. The SMILES string of the molecule is NS(=O)(=O)c1ccsc1C(=O)OCC(=O)NCCc1ccc(Cl)cc1Cl. The number of thiophene rings is 1. The van der Waals surface area contributed by atoms with E-state index in [2.05, 4.69) is 5.32 Å². The van der Waals surface area contributed by atoms with Crippen molar-refractivity contribution >= 4 is 56.4 Å². The first kappa shape index (κ1) is 20.7. The van der Waals surface area contributed by atoms with Gasteiger partial charge in [0.1, 0.15) is 9.77 Å². The molecule has 0 aliphatic carbocycles. The van der Waals surface area contributed by atoms with Gasteiger partial charge in [0, 0.05) is 16.6 Å². The first-order chi connectivity index (χ1) is 12.2. The van der Waals surface area contributed by atoms with Crippen LogP contribution in [0.2, 0.25) is 10.0 Å². The molecule has 0 spiro atoms. The summed E-state index contributed by atoms with van der Waals surface area (Å²) < 4.78 is 27.5. The van der Waals surface area contributed by atoms with Crippen LogP contribution in [0, 0.1) is 0 Å². The van der Waals surface area contributed by atoms with Crippen LogP contribution >= 0.6 is 34.5 Å². The fourth-order valence-electron chi connectivity index (χ4n) is 1.98. The minimum absolute atomic E-state index is 0.173. The lowest BCUT2D eigenvalue weighted by atomic mass is 10.1. The standard InChI is InChI=1S/C15H14Cl2N2O5S2/c16-10-2-1-9(11(17)7-10)3-5-19-13(20)8-24-15(21)14-12(4-6-25-14)26(18,22)23/h1-2,4,6-7H,3,5,8H2,(H,19,20)(H2,18,22,23). The van der Waals surface area contributed by atoms with Crippen LogP contribution in [0.3, 0.4) is 0 Å². The van der Waals surface area contributed by atoms with Crippen molar-refractivity contribution in [2.75, 3.05) is 13.2 Å². The average Bonchev–Trinajstić information content (AvgIpc) is 3.04. The fraction of sp³-hybridized carbons (Fsp3) is 0.200. The van der Waals surface area contributed by atoms with Crippen LogP contribution in [0.15, 0.2) is 34.5 Å². The van der Waals surface area contributed by atoms with Crippen molar-refractivity contribution in [1.82, 2.24) is 5.32 Å². The molecule has 26 heavy (non-hydrogen) atoms. The van der Waals surface area contributed by atoms with Crippen molar-refractivity contribution in [3.8, 4) is 0 Å². The van der Waals surface area contributed by atoms with Crippen molar-refractivity contribution in [3.63, 3.8) is 0 Å². The Morgan fingerprint density at radius 1 is 1.23 bits per heavy atom. The van der Waals surface area contributed by atoms with Gasteiger partial charge in [-0.1, -0.05) is 29.3 Å². The molecule has 0 aliphatic heterocycles. The molecule has 1 heterocycles. The van der Waals surface area contributed by atoms with Gasteiger partial charge in [-0.15, -0.1) is 11.3 Å². The van der Waals surface area contributed by atoms with Gasteiger partial charge in [-0.2, -0.15) is 0 Å². The van der Waals surface area contributed by atoms with Crippen molar-refractivity contribution < 1.29 is 22.7 Å². The summed E-state index contributed by atoms with van der Waals surface area (Å²) in [5.74, 6) is -1.46. The molecule has 2 rings (SSSR count). The molecule has 0 atom stereocenters. The second-order valence-electron chi connectivity index (χ2n) is 5.07. The van der Waals surface area contributed by atoms with E-state index >= 15 is 0 Å². The van der Waals surface area contributed by atoms with E-state index in [1.54, 1.807) is 18.2 Å². The average molecular weight is 437 g/mol. The molecule has 0 fully saturated rings. The minimum Gasteiger partial charge on any atom is -0.451 e. The molecule has 0 saturated heterocycles. The van der Waals surface area contributed by atoms with Gasteiger partial charge in [-0.3, -0.25) is 4.79 Å².